The van der Waals surface area contributed by atoms with E-state index in [2.05, 4.69) is 96.1 Å². The topological polar surface area (TPSA) is 10.4 Å². The molecule has 1 aliphatic heterocycles. The Bertz CT molecular complexity index is 1410. The van der Waals surface area contributed by atoms with E-state index in [-0.39, 0.29) is 51.4 Å². The molecule has 0 fully saturated rings. The summed E-state index contributed by atoms with van der Waals surface area (Å²) < 4.78 is 3.53. The van der Waals surface area contributed by atoms with Crippen molar-refractivity contribution in [3.05, 3.63) is 93.7 Å². The fourth-order valence-electron chi connectivity index (χ4n) is 4.31. The van der Waals surface area contributed by atoms with Crippen LogP contribution in [0.4, 0.5) is 11.4 Å². The predicted octanol–water partition coefficient (Wildman–Crippen LogP) is 4.53. The maximum atomic E-state index is 6.29. The minimum absolute atomic E-state index is 0. The Kier molecular flexibility index (Phi) is 8.27. The van der Waals surface area contributed by atoms with E-state index >= 15 is 0 Å². The molecule has 5 rings (SSSR count). The Morgan fingerprint density at radius 3 is 2.35 bits per heavy atom. The standard InChI is InChI=1S/C27H24Cl2N3S.K/c1-4-32-23-17-21(29)20(28)16-22(23)30(2)26(32)11-8-12-27-31(3)24-15-19(13-14-25(24)33-27)18-9-6-5-7-10-18;/h5-17H,4H2,1-3H3;/q2*+1. The third kappa shape index (κ3) is 4.78. The zero-order valence-electron chi connectivity index (χ0n) is 19.7. The molecule has 0 N–H and O–H groups in total. The van der Waals surface area contributed by atoms with Crippen molar-refractivity contribution in [1.82, 2.24) is 0 Å². The van der Waals surface area contributed by atoms with Crippen molar-refractivity contribution in [2.75, 3.05) is 23.4 Å². The average molecular weight is 533 g/mol. The summed E-state index contributed by atoms with van der Waals surface area (Å²) in [7, 11) is 4.18. The number of aryl methyl sites for hydroxylation is 1. The quantitative estimate of drug-likeness (QED) is 0.282. The van der Waals surface area contributed by atoms with Crippen molar-refractivity contribution < 1.29 is 56.0 Å². The number of hydrogen-bond acceptors (Lipinski definition) is 3. The zero-order valence-corrected chi connectivity index (χ0v) is 25.2. The van der Waals surface area contributed by atoms with Crippen LogP contribution >= 0.6 is 34.5 Å². The molecule has 0 atom stereocenters. The SMILES string of the molecule is CCN1C(=CC=Cc2sc3ccc(-c4ccccc4)cc3[n+]2C)N(C)c2cc(Cl)c(Cl)cc21.[K+]. The Labute approximate surface area is 257 Å². The van der Waals surface area contributed by atoms with Crippen LogP contribution in [-0.4, -0.2) is 13.6 Å². The second kappa shape index (κ2) is 10.9. The summed E-state index contributed by atoms with van der Waals surface area (Å²) >= 11 is 14.4. The third-order valence-electron chi connectivity index (χ3n) is 6.06. The van der Waals surface area contributed by atoms with E-state index in [1.165, 1.54) is 26.4 Å². The largest absolute Gasteiger partial charge is 1.00 e. The minimum Gasteiger partial charge on any atom is -0.329 e. The van der Waals surface area contributed by atoms with Crippen LogP contribution in [0.1, 0.15) is 11.9 Å². The molecule has 0 saturated carbocycles. The number of allylic oxidation sites excluding steroid dienone is 2. The van der Waals surface area contributed by atoms with Crippen LogP contribution in [-0.2, 0) is 7.05 Å². The van der Waals surface area contributed by atoms with Gasteiger partial charge in [0.1, 0.15) is 17.6 Å². The Balaban J connectivity index is 0.00000274. The zero-order chi connectivity index (χ0) is 23.1. The third-order valence-corrected chi connectivity index (χ3v) is 7.97. The molecule has 0 spiro atoms. The molecule has 1 aliphatic rings. The summed E-state index contributed by atoms with van der Waals surface area (Å²) in [6.45, 7) is 2.98. The molecular weight excluding hydrogens is 508 g/mol. The van der Waals surface area contributed by atoms with Gasteiger partial charge in [0.15, 0.2) is 0 Å². The van der Waals surface area contributed by atoms with Gasteiger partial charge in [-0.25, -0.2) is 0 Å². The number of benzene rings is 3. The van der Waals surface area contributed by atoms with Crippen LogP contribution in [0.2, 0.25) is 10.0 Å². The summed E-state index contributed by atoms with van der Waals surface area (Å²) in [6.07, 6.45) is 6.43. The van der Waals surface area contributed by atoms with Gasteiger partial charge >= 0.3 is 51.4 Å². The van der Waals surface area contributed by atoms with Gasteiger partial charge in [-0.2, -0.15) is 4.57 Å². The fraction of sp³-hybridized carbons (Fsp3) is 0.148. The average Bonchev–Trinajstić information content (AvgIpc) is 3.28. The van der Waals surface area contributed by atoms with Crippen LogP contribution in [0, 0.1) is 0 Å². The summed E-state index contributed by atoms with van der Waals surface area (Å²) in [6, 6.07) is 21.1. The molecule has 2 heterocycles. The van der Waals surface area contributed by atoms with E-state index in [0.29, 0.717) is 10.0 Å². The van der Waals surface area contributed by atoms with Crippen LogP contribution in [0.25, 0.3) is 27.4 Å². The van der Waals surface area contributed by atoms with Gasteiger partial charge in [0.05, 0.1) is 21.4 Å². The molecule has 0 saturated heterocycles. The van der Waals surface area contributed by atoms with E-state index in [4.69, 9.17) is 23.2 Å². The van der Waals surface area contributed by atoms with E-state index in [1.807, 2.05) is 18.2 Å². The maximum absolute atomic E-state index is 6.29. The molecule has 3 nitrogen and oxygen atoms in total. The van der Waals surface area contributed by atoms with Gasteiger partial charge in [-0.1, -0.05) is 77.0 Å². The van der Waals surface area contributed by atoms with Gasteiger partial charge in [0, 0.05) is 25.7 Å². The van der Waals surface area contributed by atoms with Gasteiger partial charge in [0.2, 0.25) is 5.52 Å². The summed E-state index contributed by atoms with van der Waals surface area (Å²) in [5, 5.41) is 2.34. The number of aromatic nitrogens is 1. The summed E-state index contributed by atoms with van der Waals surface area (Å²) in [5.41, 5.74) is 5.84. The molecule has 0 aliphatic carbocycles. The Morgan fingerprint density at radius 2 is 1.65 bits per heavy atom. The molecule has 3 aromatic carbocycles. The van der Waals surface area contributed by atoms with Gasteiger partial charge in [-0.05, 0) is 42.3 Å². The molecule has 34 heavy (non-hydrogen) atoms. The van der Waals surface area contributed by atoms with Crippen LogP contribution in [0.3, 0.4) is 0 Å². The van der Waals surface area contributed by atoms with E-state index < -0.39 is 0 Å². The first-order chi connectivity index (χ1) is 16.0. The van der Waals surface area contributed by atoms with Crippen LogP contribution in [0.5, 0.6) is 0 Å². The monoisotopic (exact) mass is 531 g/mol. The molecule has 0 amide bonds. The second-order valence-electron chi connectivity index (χ2n) is 7.99. The number of nitrogens with zero attached hydrogens (tertiary/aromatic N) is 3. The summed E-state index contributed by atoms with van der Waals surface area (Å²) in [4.78, 5) is 4.40. The summed E-state index contributed by atoms with van der Waals surface area (Å²) in [5.74, 6) is 1.09. The number of thiazole rings is 1. The van der Waals surface area contributed by atoms with Crippen molar-refractivity contribution >= 4 is 62.2 Å². The Morgan fingerprint density at radius 1 is 0.941 bits per heavy atom. The van der Waals surface area contributed by atoms with Gasteiger partial charge in [-0.15, -0.1) is 0 Å². The van der Waals surface area contributed by atoms with Crippen molar-refractivity contribution in [3.8, 4) is 11.1 Å². The van der Waals surface area contributed by atoms with Gasteiger partial charge in [0.25, 0.3) is 5.01 Å². The van der Waals surface area contributed by atoms with Gasteiger partial charge < -0.3 is 9.80 Å². The normalized spacial score (nSPS) is 14.3. The first-order valence-electron chi connectivity index (χ1n) is 10.8. The number of rotatable bonds is 4. The van der Waals surface area contributed by atoms with Crippen molar-refractivity contribution in [2.24, 2.45) is 7.05 Å². The van der Waals surface area contributed by atoms with Gasteiger partial charge in [-0.3, -0.25) is 0 Å². The van der Waals surface area contributed by atoms with Crippen molar-refractivity contribution in [1.29, 1.82) is 0 Å². The van der Waals surface area contributed by atoms with E-state index in [1.54, 1.807) is 11.3 Å². The smallest absolute Gasteiger partial charge is 0.329 e. The first-order valence-corrected chi connectivity index (χ1v) is 12.4. The second-order valence-corrected chi connectivity index (χ2v) is 9.87. The first kappa shape index (κ1) is 25.9. The number of hydrogen-bond donors (Lipinski definition) is 0. The Hall–Kier alpha value is -1.15. The predicted molar refractivity (Wildman–Crippen MR) is 143 cm³/mol. The molecule has 166 valence electrons. The van der Waals surface area contributed by atoms with E-state index in [0.717, 1.165) is 23.7 Å². The van der Waals surface area contributed by atoms with Crippen LogP contribution < -0.4 is 65.8 Å². The number of anilines is 2. The molecule has 0 radical (unpaired) electrons. The number of halogens is 2. The molecule has 0 unspecified atom stereocenters. The molecular formula is C27H24Cl2KN3S+2. The maximum Gasteiger partial charge on any atom is 1.00 e. The molecule has 7 heteroatoms. The van der Waals surface area contributed by atoms with E-state index in [9.17, 15) is 0 Å². The van der Waals surface area contributed by atoms with Crippen molar-refractivity contribution in [3.63, 3.8) is 0 Å². The minimum atomic E-state index is 0. The van der Waals surface area contributed by atoms with Crippen molar-refractivity contribution in [2.45, 2.75) is 6.92 Å². The van der Waals surface area contributed by atoms with Crippen LogP contribution in [0.15, 0.2) is 78.6 Å². The molecule has 1 aromatic heterocycles. The fourth-order valence-corrected chi connectivity index (χ4v) is 5.67. The molecule has 4 aromatic rings. The molecule has 0 bridgehead atoms. The number of fused-ring (bicyclic) bond motifs is 2.